The molecule has 1 atom stereocenters. The van der Waals surface area contributed by atoms with Crippen LogP contribution in [0.1, 0.15) is 36.1 Å². The Morgan fingerprint density at radius 2 is 2.00 bits per heavy atom. The molecule has 0 amide bonds. The maximum atomic E-state index is 14.0. The second kappa shape index (κ2) is 6.26. The van der Waals surface area contributed by atoms with Gasteiger partial charge in [-0.3, -0.25) is 0 Å². The number of thiophene rings is 1. The highest BCUT2D eigenvalue weighted by molar-refractivity contribution is 7.08. The molecular weight excluding hydrogens is 264 g/mol. The van der Waals surface area contributed by atoms with Gasteiger partial charge in [0, 0.05) is 5.56 Å². The van der Waals surface area contributed by atoms with E-state index in [1.165, 1.54) is 12.1 Å². The van der Waals surface area contributed by atoms with Gasteiger partial charge in [-0.15, -0.1) is 0 Å². The summed E-state index contributed by atoms with van der Waals surface area (Å²) in [5, 5.41) is 7.31. The molecule has 1 nitrogen and oxygen atoms in total. The van der Waals surface area contributed by atoms with E-state index in [4.69, 9.17) is 0 Å². The van der Waals surface area contributed by atoms with Crippen molar-refractivity contribution < 1.29 is 8.78 Å². The molecule has 4 heteroatoms. The summed E-state index contributed by atoms with van der Waals surface area (Å²) in [6.07, 6.45) is 0.941. The number of rotatable bonds is 5. The van der Waals surface area contributed by atoms with Gasteiger partial charge in [-0.1, -0.05) is 6.92 Å². The van der Waals surface area contributed by atoms with E-state index in [-0.39, 0.29) is 11.9 Å². The summed E-state index contributed by atoms with van der Waals surface area (Å²) in [5.41, 5.74) is 2.49. The van der Waals surface area contributed by atoms with Crippen LogP contribution in [-0.4, -0.2) is 6.54 Å². The summed E-state index contributed by atoms with van der Waals surface area (Å²) in [7, 11) is 0. The number of hydrogen-bond donors (Lipinski definition) is 1. The largest absolute Gasteiger partial charge is 0.306 e. The van der Waals surface area contributed by atoms with Gasteiger partial charge in [0.1, 0.15) is 11.6 Å². The molecule has 0 aliphatic rings. The minimum absolute atomic E-state index is 0.290. The molecule has 0 radical (unpaired) electrons. The second-order valence-electron chi connectivity index (χ2n) is 4.56. The number of nitrogens with one attached hydrogen (secondary N) is 1. The lowest BCUT2D eigenvalue weighted by Gasteiger charge is -2.20. The molecule has 102 valence electrons. The fourth-order valence-corrected chi connectivity index (χ4v) is 2.95. The van der Waals surface area contributed by atoms with E-state index in [1.807, 2.05) is 24.6 Å². The van der Waals surface area contributed by atoms with Gasteiger partial charge < -0.3 is 5.32 Å². The molecule has 0 aliphatic heterocycles. The monoisotopic (exact) mass is 281 g/mol. The Balaban J connectivity index is 2.42. The number of hydrogen-bond acceptors (Lipinski definition) is 2. The predicted molar refractivity (Wildman–Crippen MR) is 75.6 cm³/mol. The van der Waals surface area contributed by atoms with Crippen LogP contribution in [0.2, 0.25) is 0 Å². The van der Waals surface area contributed by atoms with Crippen LogP contribution in [0.3, 0.4) is 0 Å². The highest BCUT2D eigenvalue weighted by Gasteiger charge is 2.20. The Labute approximate surface area is 116 Å². The zero-order chi connectivity index (χ0) is 13.8. The Morgan fingerprint density at radius 3 is 2.63 bits per heavy atom. The standard InChI is InChI=1S/C15H17F2NS/c1-3-6-18-15(13-9-19-8-10(13)2)12-7-11(16)4-5-14(12)17/h4-5,7-9,15,18H,3,6H2,1-2H3. The summed E-state index contributed by atoms with van der Waals surface area (Å²) in [6, 6.07) is 3.32. The molecule has 0 saturated heterocycles. The lowest BCUT2D eigenvalue weighted by atomic mass is 9.97. The van der Waals surface area contributed by atoms with E-state index >= 15 is 0 Å². The van der Waals surface area contributed by atoms with E-state index in [0.717, 1.165) is 30.2 Å². The molecular formula is C15H17F2NS. The Hall–Kier alpha value is -1.26. The summed E-state index contributed by atoms with van der Waals surface area (Å²) < 4.78 is 27.3. The van der Waals surface area contributed by atoms with Crippen molar-refractivity contribution in [3.63, 3.8) is 0 Å². The SMILES string of the molecule is CCCNC(c1cscc1C)c1cc(F)ccc1F. The summed E-state index contributed by atoms with van der Waals surface area (Å²) in [5.74, 6) is -0.784. The highest BCUT2D eigenvalue weighted by atomic mass is 32.1. The van der Waals surface area contributed by atoms with Crippen LogP contribution in [0.4, 0.5) is 8.78 Å². The maximum Gasteiger partial charge on any atom is 0.128 e. The van der Waals surface area contributed by atoms with Crippen molar-refractivity contribution in [2.24, 2.45) is 0 Å². The molecule has 0 saturated carbocycles. The van der Waals surface area contributed by atoms with Crippen LogP contribution in [0.25, 0.3) is 0 Å². The topological polar surface area (TPSA) is 12.0 Å². The van der Waals surface area contributed by atoms with Gasteiger partial charge in [0.2, 0.25) is 0 Å². The molecule has 2 rings (SSSR count). The van der Waals surface area contributed by atoms with E-state index in [1.54, 1.807) is 11.3 Å². The minimum Gasteiger partial charge on any atom is -0.306 e. The molecule has 0 aliphatic carbocycles. The fraction of sp³-hybridized carbons (Fsp3) is 0.333. The van der Waals surface area contributed by atoms with E-state index < -0.39 is 5.82 Å². The van der Waals surface area contributed by atoms with Gasteiger partial charge in [0.05, 0.1) is 6.04 Å². The first-order valence-corrected chi connectivity index (χ1v) is 7.28. The number of halogens is 2. The summed E-state index contributed by atoms with van der Waals surface area (Å²) in [4.78, 5) is 0. The van der Waals surface area contributed by atoms with Crippen LogP contribution in [0.15, 0.2) is 29.0 Å². The Kier molecular flexibility index (Phi) is 4.66. The van der Waals surface area contributed by atoms with Crippen LogP contribution in [0.5, 0.6) is 0 Å². The highest BCUT2D eigenvalue weighted by Crippen LogP contribution is 2.29. The van der Waals surface area contributed by atoms with Crippen molar-refractivity contribution in [1.82, 2.24) is 5.32 Å². The van der Waals surface area contributed by atoms with Gasteiger partial charge >= 0.3 is 0 Å². The van der Waals surface area contributed by atoms with Crippen molar-refractivity contribution in [2.75, 3.05) is 6.54 Å². The quantitative estimate of drug-likeness (QED) is 0.855. The van der Waals surface area contributed by atoms with Gasteiger partial charge in [-0.25, -0.2) is 8.78 Å². The third-order valence-electron chi connectivity index (χ3n) is 3.07. The fourth-order valence-electron chi connectivity index (χ4n) is 2.08. The number of benzene rings is 1. The predicted octanol–water partition coefficient (Wildman–Crippen LogP) is 4.42. The first-order chi connectivity index (χ1) is 9.13. The van der Waals surface area contributed by atoms with E-state index in [2.05, 4.69) is 5.32 Å². The third-order valence-corrected chi connectivity index (χ3v) is 3.95. The maximum absolute atomic E-state index is 14.0. The average Bonchev–Trinajstić information content (AvgIpc) is 2.80. The lowest BCUT2D eigenvalue weighted by molar-refractivity contribution is 0.535. The van der Waals surface area contributed by atoms with Crippen molar-refractivity contribution >= 4 is 11.3 Å². The Morgan fingerprint density at radius 1 is 1.21 bits per heavy atom. The molecule has 1 unspecified atom stereocenters. The van der Waals surface area contributed by atoms with Crippen molar-refractivity contribution in [2.45, 2.75) is 26.3 Å². The zero-order valence-electron chi connectivity index (χ0n) is 11.0. The molecule has 1 heterocycles. The van der Waals surface area contributed by atoms with E-state index in [9.17, 15) is 8.78 Å². The molecule has 1 N–H and O–H groups in total. The minimum atomic E-state index is -0.410. The molecule has 0 spiro atoms. The molecule has 19 heavy (non-hydrogen) atoms. The molecule has 0 fully saturated rings. The van der Waals surface area contributed by atoms with Crippen LogP contribution < -0.4 is 5.32 Å². The molecule has 1 aromatic heterocycles. The van der Waals surface area contributed by atoms with Gasteiger partial charge in [0.25, 0.3) is 0 Å². The normalized spacial score (nSPS) is 12.6. The van der Waals surface area contributed by atoms with Crippen LogP contribution in [-0.2, 0) is 0 Å². The zero-order valence-corrected chi connectivity index (χ0v) is 11.9. The molecule has 2 aromatic rings. The van der Waals surface area contributed by atoms with Crippen molar-refractivity contribution in [3.05, 3.63) is 57.3 Å². The second-order valence-corrected chi connectivity index (χ2v) is 5.31. The first kappa shape index (κ1) is 14.2. The summed E-state index contributed by atoms with van der Waals surface area (Å²) in [6.45, 7) is 4.80. The van der Waals surface area contributed by atoms with E-state index in [0.29, 0.717) is 5.56 Å². The van der Waals surface area contributed by atoms with Crippen molar-refractivity contribution in [3.8, 4) is 0 Å². The van der Waals surface area contributed by atoms with Crippen LogP contribution in [0, 0.1) is 18.6 Å². The first-order valence-electron chi connectivity index (χ1n) is 6.34. The smallest absolute Gasteiger partial charge is 0.128 e. The molecule has 1 aromatic carbocycles. The van der Waals surface area contributed by atoms with Gasteiger partial charge in [0.15, 0.2) is 0 Å². The number of aryl methyl sites for hydroxylation is 1. The third kappa shape index (κ3) is 3.19. The van der Waals surface area contributed by atoms with Gasteiger partial charge in [-0.05, 0) is 60.0 Å². The summed E-state index contributed by atoms with van der Waals surface area (Å²) >= 11 is 1.58. The Bertz CT molecular complexity index is 551. The average molecular weight is 281 g/mol. The van der Waals surface area contributed by atoms with Crippen molar-refractivity contribution in [1.29, 1.82) is 0 Å². The molecule has 0 bridgehead atoms. The van der Waals surface area contributed by atoms with Gasteiger partial charge in [-0.2, -0.15) is 11.3 Å². The van der Waals surface area contributed by atoms with Crippen LogP contribution >= 0.6 is 11.3 Å². The lowest BCUT2D eigenvalue weighted by Crippen LogP contribution is -2.24.